The number of morpholine rings is 1. The largest absolute Gasteiger partial charge is 0.480 e. The van der Waals surface area contributed by atoms with Crippen LogP contribution in [0.4, 0.5) is 4.39 Å². The third-order valence-electron chi connectivity index (χ3n) is 6.79. The number of carbonyl (C=O) groups is 2. The zero-order valence-electron chi connectivity index (χ0n) is 19.4. The van der Waals surface area contributed by atoms with Crippen LogP contribution in [0.15, 0.2) is 46.0 Å². The first-order valence-corrected chi connectivity index (χ1v) is 12.8. The van der Waals surface area contributed by atoms with Gasteiger partial charge < -0.3 is 19.9 Å². The van der Waals surface area contributed by atoms with Crippen molar-refractivity contribution in [2.24, 2.45) is 4.99 Å². The normalized spacial score (nSPS) is 25.9. The van der Waals surface area contributed by atoms with Gasteiger partial charge >= 0.3 is 11.9 Å². The minimum atomic E-state index is -1.21. The number of halogens is 2. The molecule has 0 amide bonds. The van der Waals surface area contributed by atoms with Gasteiger partial charge in [0.05, 0.1) is 30.4 Å². The second-order valence-electron chi connectivity index (χ2n) is 8.77. The fourth-order valence-electron chi connectivity index (χ4n) is 5.06. The Hall–Kier alpha value is -2.86. The fourth-order valence-corrected chi connectivity index (χ4v) is 5.88. The van der Waals surface area contributed by atoms with Gasteiger partial charge in [-0.1, -0.05) is 23.7 Å². The Bertz CT molecular complexity index is 1250. The maximum Gasteiger partial charge on any atom is 0.338 e. The lowest BCUT2D eigenvalue weighted by Gasteiger charge is -2.42. The summed E-state index contributed by atoms with van der Waals surface area (Å²) in [5.41, 5.74) is -0.348. The van der Waals surface area contributed by atoms with Gasteiger partial charge in [0.25, 0.3) is 0 Å². The van der Waals surface area contributed by atoms with Crippen molar-refractivity contribution >= 4 is 40.7 Å². The van der Waals surface area contributed by atoms with E-state index in [4.69, 9.17) is 26.1 Å². The van der Waals surface area contributed by atoms with Crippen LogP contribution in [0, 0.1) is 5.82 Å². The molecule has 3 atom stereocenters. The van der Waals surface area contributed by atoms with Crippen LogP contribution in [-0.4, -0.2) is 70.7 Å². The van der Waals surface area contributed by atoms with E-state index in [0.29, 0.717) is 41.6 Å². The number of esters is 1. The highest BCUT2D eigenvalue weighted by molar-refractivity contribution is 7.11. The van der Waals surface area contributed by atoms with Gasteiger partial charge in [0.15, 0.2) is 10.8 Å². The van der Waals surface area contributed by atoms with E-state index in [2.05, 4.69) is 10.3 Å². The highest BCUT2D eigenvalue weighted by Gasteiger charge is 2.55. The third kappa shape index (κ3) is 4.19. The standard InChI is InChI=1S/C24H24ClFN4O5S/c1-2-35-22(31)17-16(10-30-13-6-7-24(30,23(32)33)12-34-11-13)28-20(21-27-8-9-36-21)29-19(17)14-4-3-5-15(26)18(14)25/h3-5,8-9,13,19H,2,6-7,10-12H2,1H3,(H,28,29)(H,32,33). The fraction of sp³-hybridized carbons (Fsp3) is 0.417. The second kappa shape index (κ2) is 9.89. The minimum Gasteiger partial charge on any atom is -0.480 e. The van der Waals surface area contributed by atoms with Crippen molar-refractivity contribution in [3.05, 3.63) is 62.5 Å². The van der Waals surface area contributed by atoms with Gasteiger partial charge in [0.2, 0.25) is 0 Å². The number of fused-ring (bicyclic) bond motifs is 2. The number of nitrogens with zero attached hydrogens (tertiary/aromatic N) is 3. The van der Waals surface area contributed by atoms with Gasteiger partial charge in [-0.3, -0.25) is 14.7 Å². The van der Waals surface area contributed by atoms with Crippen molar-refractivity contribution in [3.63, 3.8) is 0 Å². The summed E-state index contributed by atoms with van der Waals surface area (Å²) in [4.78, 5) is 36.6. The van der Waals surface area contributed by atoms with Crippen molar-refractivity contribution in [3.8, 4) is 0 Å². The van der Waals surface area contributed by atoms with Gasteiger partial charge in [-0.25, -0.2) is 14.2 Å². The summed E-state index contributed by atoms with van der Waals surface area (Å²) in [7, 11) is 0. The van der Waals surface area contributed by atoms with E-state index in [0.717, 1.165) is 0 Å². The molecule has 0 aliphatic carbocycles. The Kier molecular flexibility index (Phi) is 6.82. The number of aromatic nitrogens is 1. The van der Waals surface area contributed by atoms with E-state index >= 15 is 0 Å². The molecule has 36 heavy (non-hydrogen) atoms. The Morgan fingerprint density at radius 2 is 2.28 bits per heavy atom. The number of nitrogens with one attached hydrogen (secondary N) is 1. The molecule has 190 valence electrons. The molecule has 4 heterocycles. The molecule has 0 spiro atoms. The minimum absolute atomic E-state index is 0.0490. The molecule has 2 aromatic rings. The van der Waals surface area contributed by atoms with Crippen LogP contribution in [0.25, 0.3) is 0 Å². The summed E-state index contributed by atoms with van der Waals surface area (Å²) in [6, 6.07) is 3.22. The smallest absolute Gasteiger partial charge is 0.338 e. The van der Waals surface area contributed by atoms with Gasteiger partial charge in [-0.15, -0.1) is 11.3 Å². The van der Waals surface area contributed by atoms with Gasteiger partial charge in [0, 0.05) is 35.4 Å². The van der Waals surface area contributed by atoms with Gasteiger partial charge in [0.1, 0.15) is 17.4 Å². The average Bonchev–Trinajstić information content (AvgIpc) is 3.45. The predicted octanol–water partition coefficient (Wildman–Crippen LogP) is 3.16. The number of ether oxygens (including phenoxy) is 2. The Labute approximate surface area is 215 Å². The van der Waals surface area contributed by atoms with Crippen LogP contribution in [0.2, 0.25) is 5.02 Å². The lowest BCUT2D eigenvalue weighted by molar-refractivity contribution is -0.161. The highest BCUT2D eigenvalue weighted by atomic mass is 35.5. The zero-order valence-corrected chi connectivity index (χ0v) is 20.9. The summed E-state index contributed by atoms with van der Waals surface area (Å²) in [6.07, 6.45) is 2.71. The molecule has 2 fully saturated rings. The molecule has 5 rings (SSSR count). The number of carboxylic acids is 1. The number of carbonyl (C=O) groups excluding carboxylic acids is 1. The number of hydrogen-bond acceptors (Lipinski definition) is 9. The van der Waals surface area contributed by atoms with E-state index in [1.807, 2.05) is 4.90 Å². The second-order valence-corrected chi connectivity index (χ2v) is 10.0. The number of benzene rings is 1. The van der Waals surface area contributed by atoms with E-state index in [1.165, 1.54) is 23.5 Å². The van der Waals surface area contributed by atoms with Crippen molar-refractivity contribution in [1.29, 1.82) is 0 Å². The molecule has 1 aromatic carbocycles. The third-order valence-corrected chi connectivity index (χ3v) is 7.97. The van der Waals surface area contributed by atoms with E-state index in [-0.39, 0.29) is 36.4 Å². The summed E-state index contributed by atoms with van der Waals surface area (Å²) in [6.45, 7) is 2.34. The number of amidine groups is 1. The molecule has 12 heteroatoms. The quantitative estimate of drug-likeness (QED) is 0.521. The topological polar surface area (TPSA) is 113 Å². The van der Waals surface area contributed by atoms with E-state index in [1.54, 1.807) is 24.6 Å². The van der Waals surface area contributed by atoms with Crippen molar-refractivity contribution in [1.82, 2.24) is 15.2 Å². The number of carboxylic acid groups (broad SMARTS) is 1. The number of aliphatic carboxylic acids is 1. The summed E-state index contributed by atoms with van der Waals surface area (Å²) < 4.78 is 25.5. The summed E-state index contributed by atoms with van der Waals surface area (Å²) >= 11 is 7.69. The van der Waals surface area contributed by atoms with E-state index in [9.17, 15) is 19.1 Å². The number of hydrogen-bond donors (Lipinski definition) is 2. The SMILES string of the molecule is CCOC(=O)C1=C(CN2C3CCC2(C(=O)O)COC3)NC(c2nccs2)=NC1c1cccc(F)c1Cl. The molecule has 0 saturated carbocycles. The molecule has 1 aromatic heterocycles. The number of rotatable bonds is 7. The van der Waals surface area contributed by atoms with Crippen LogP contribution < -0.4 is 5.32 Å². The molecule has 9 nitrogen and oxygen atoms in total. The number of thiazole rings is 1. The monoisotopic (exact) mass is 534 g/mol. The van der Waals surface area contributed by atoms with Gasteiger partial charge in [-0.2, -0.15) is 0 Å². The van der Waals surface area contributed by atoms with Crippen LogP contribution in [-0.2, 0) is 19.1 Å². The molecule has 3 aliphatic heterocycles. The van der Waals surface area contributed by atoms with Crippen molar-refractivity contribution in [2.45, 2.75) is 37.4 Å². The molecule has 2 bridgehead atoms. The van der Waals surface area contributed by atoms with Crippen molar-refractivity contribution < 1.29 is 28.6 Å². The summed E-state index contributed by atoms with van der Waals surface area (Å²) in [5.74, 6) is -1.88. The average molecular weight is 535 g/mol. The van der Waals surface area contributed by atoms with Crippen LogP contribution >= 0.6 is 22.9 Å². The van der Waals surface area contributed by atoms with Crippen LogP contribution in [0.3, 0.4) is 0 Å². The Morgan fingerprint density at radius 3 is 3.00 bits per heavy atom. The first kappa shape index (κ1) is 24.8. The van der Waals surface area contributed by atoms with Gasteiger partial charge in [-0.05, 0) is 25.8 Å². The lowest BCUT2D eigenvalue weighted by Crippen LogP contribution is -2.61. The Balaban J connectivity index is 1.65. The molecule has 2 N–H and O–H groups in total. The lowest BCUT2D eigenvalue weighted by atomic mass is 9.93. The van der Waals surface area contributed by atoms with Crippen LogP contribution in [0.5, 0.6) is 0 Å². The molecule has 0 radical (unpaired) electrons. The first-order chi connectivity index (χ1) is 17.4. The van der Waals surface area contributed by atoms with Crippen LogP contribution in [0.1, 0.15) is 36.4 Å². The maximum atomic E-state index is 14.5. The highest BCUT2D eigenvalue weighted by Crippen LogP contribution is 2.41. The molecule has 2 saturated heterocycles. The summed E-state index contributed by atoms with van der Waals surface area (Å²) in [5, 5.41) is 15.5. The zero-order chi connectivity index (χ0) is 25.4. The van der Waals surface area contributed by atoms with Crippen molar-refractivity contribution in [2.75, 3.05) is 26.4 Å². The predicted molar refractivity (Wildman–Crippen MR) is 131 cm³/mol. The molecule has 3 unspecified atom stereocenters. The first-order valence-electron chi connectivity index (χ1n) is 11.5. The molecular formula is C24H24ClFN4O5S. The van der Waals surface area contributed by atoms with E-state index < -0.39 is 29.3 Å². The number of aliphatic imine (C=N–C) groups is 1. The molecular weight excluding hydrogens is 511 g/mol. The maximum absolute atomic E-state index is 14.5. The molecule has 3 aliphatic rings. The Morgan fingerprint density at radius 1 is 1.44 bits per heavy atom.